The molecule has 1 amide bonds. The zero-order chi connectivity index (χ0) is 22.6. The van der Waals surface area contributed by atoms with Crippen LogP contribution in [0.15, 0.2) is 30.6 Å². The highest BCUT2D eigenvalue weighted by Gasteiger charge is 2.23. The normalized spacial score (nSPS) is 15.9. The van der Waals surface area contributed by atoms with Crippen molar-refractivity contribution in [2.75, 3.05) is 13.1 Å². The molecular formula is C25H35N3O2Si. The Balaban J connectivity index is 1.63. The summed E-state index contributed by atoms with van der Waals surface area (Å²) in [5.74, 6) is 3.38. The van der Waals surface area contributed by atoms with Gasteiger partial charge in [-0.05, 0) is 45.2 Å². The minimum Gasteiger partial charge on any atom is -0.444 e. The molecule has 2 heterocycles. The van der Waals surface area contributed by atoms with Crippen LogP contribution in [0.5, 0.6) is 0 Å². The average molecular weight is 438 g/mol. The van der Waals surface area contributed by atoms with E-state index < -0.39 is 13.7 Å². The number of carbonyl (C=O) groups is 1. The second-order valence-corrected chi connectivity index (χ2v) is 15.2. The van der Waals surface area contributed by atoms with Gasteiger partial charge in [-0.3, -0.25) is 9.88 Å². The third kappa shape index (κ3) is 7.37. The van der Waals surface area contributed by atoms with Gasteiger partial charge < -0.3 is 10.1 Å². The number of hydrogen-bond donors (Lipinski definition) is 1. The van der Waals surface area contributed by atoms with Crippen LogP contribution < -0.4 is 5.32 Å². The van der Waals surface area contributed by atoms with Crippen molar-refractivity contribution in [3.8, 4) is 11.5 Å². The third-order valence-electron chi connectivity index (χ3n) is 5.11. The lowest BCUT2D eigenvalue weighted by atomic mass is 10.0. The van der Waals surface area contributed by atoms with E-state index in [1.807, 2.05) is 33.2 Å². The molecule has 0 radical (unpaired) electrons. The van der Waals surface area contributed by atoms with Crippen molar-refractivity contribution in [3.63, 3.8) is 0 Å². The number of piperidine rings is 1. The van der Waals surface area contributed by atoms with Gasteiger partial charge in [0, 0.05) is 48.8 Å². The van der Waals surface area contributed by atoms with Crippen LogP contribution in [0.25, 0.3) is 10.8 Å². The van der Waals surface area contributed by atoms with Crippen LogP contribution in [-0.4, -0.2) is 48.8 Å². The van der Waals surface area contributed by atoms with Crippen molar-refractivity contribution in [1.29, 1.82) is 0 Å². The van der Waals surface area contributed by atoms with Gasteiger partial charge in [-0.15, -0.1) is 5.54 Å². The molecule has 5 nitrogen and oxygen atoms in total. The monoisotopic (exact) mass is 437 g/mol. The Morgan fingerprint density at radius 1 is 1.23 bits per heavy atom. The van der Waals surface area contributed by atoms with Gasteiger partial charge in [-0.1, -0.05) is 37.7 Å². The Bertz CT molecular complexity index is 988. The molecule has 0 saturated carbocycles. The maximum Gasteiger partial charge on any atom is 0.407 e. The summed E-state index contributed by atoms with van der Waals surface area (Å²) in [5.41, 5.74) is 5.30. The largest absolute Gasteiger partial charge is 0.444 e. The smallest absolute Gasteiger partial charge is 0.407 e. The summed E-state index contributed by atoms with van der Waals surface area (Å²) >= 11 is 0. The summed E-state index contributed by atoms with van der Waals surface area (Å²) < 4.78 is 5.38. The number of carbonyl (C=O) groups excluding carboxylic acids is 1. The van der Waals surface area contributed by atoms with Crippen LogP contribution in [0.4, 0.5) is 4.79 Å². The predicted octanol–water partition coefficient (Wildman–Crippen LogP) is 4.95. The van der Waals surface area contributed by atoms with Gasteiger partial charge >= 0.3 is 6.09 Å². The van der Waals surface area contributed by atoms with E-state index in [1.54, 1.807) is 0 Å². The molecule has 1 aliphatic rings. The van der Waals surface area contributed by atoms with Gasteiger partial charge in [0.05, 0.1) is 5.56 Å². The molecule has 1 aliphatic heterocycles. The van der Waals surface area contributed by atoms with E-state index in [1.165, 1.54) is 10.9 Å². The lowest BCUT2D eigenvalue weighted by Crippen LogP contribution is -2.45. The number of rotatable bonds is 3. The number of benzene rings is 1. The van der Waals surface area contributed by atoms with Crippen molar-refractivity contribution in [2.24, 2.45) is 0 Å². The van der Waals surface area contributed by atoms with Crippen LogP contribution in [0, 0.1) is 11.5 Å². The Kier molecular flexibility index (Phi) is 7.08. The predicted molar refractivity (Wildman–Crippen MR) is 130 cm³/mol. The molecule has 2 aromatic rings. The summed E-state index contributed by atoms with van der Waals surface area (Å²) in [7, 11) is -1.44. The Morgan fingerprint density at radius 2 is 1.94 bits per heavy atom. The summed E-state index contributed by atoms with van der Waals surface area (Å²) in [6.07, 6.45) is 5.34. The first-order chi connectivity index (χ1) is 14.5. The molecule has 0 bridgehead atoms. The van der Waals surface area contributed by atoms with Crippen LogP contribution in [-0.2, 0) is 11.3 Å². The Labute approximate surface area is 187 Å². The molecule has 1 saturated heterocycles. The average Bonchev–Trinajstić information content (AvgIpc) is 2.66. The fourth-order valence-corrected chi connectivity index (χ4v) is 4.14. The highest BCUT2D eigenvalue weighted by molar-refractivity contribution is 6.83. The summed E-state index contributed by atoms with van der Waals surface area (Å²) in [6, 6.07) is 6.77. The topological polar surface area (TPSA) is 54.5 Å². The quantitative estimate of drug-likeness (QED) is 0.545. The zero-order valence-corrected chi connectivity index (χ0v) is 20.7. The first kappa shape index (κ1) is 23.3. The van der Waals surface area contributed by atoms with Gasteiger partial charge in [0.15, 0.2) is 0 Å². The molecule has 0 spiro atoms. The lowest BCUT2D eigenvalue weighted by Gasteiger charge is -2.32. The van der Waals surface area contributed by atoms with E-state index in [2.05, 4.69) is 64.5 Å². The van der Waals surface area contributed by atoms with Gasteiger partial charge in [0.1, 0.15) is 13.7 Å². The fourth-order valence-electron chi connectivity index (χ4n) is 3.63. The number of alkyl carbamates (subject to hydrolysis) is 1. The second kappa shape index (κ2) is 9.42. The molecule has 1 aromatic heterocycles. The van der Waals surface area contributed by atoms with Crippen LogP contribution in [0.2, 0.25) is 19.6 Å². The van der Waals surface area contributed by atoms with Crippen molar-refractivity contribution in [2.45, 2.75) is 71.4 Å². The van der Waals surface area contributed by atoms with E-state index in [4.69, 9.17) is 4.74 Å². The van der Waals surface area contributed by atoms with Crippen molar-refractivity contribution in [1.82, 2.24) is 15.2 Å². The number of ether oxygens (including phenoxy) is 1. The number of aromatic nitrogens is 1. The molecule has 1 fully saturated rings. The molecule has 1 aromatic carbocycles. The number of hydrogen-bond acceptors (Lipinski definition) is 4. The lowest BCUT2D eigenvalue weighted by molar-refractivity contribution is 0.0477. The summed E-state index contributed by atoms with van der Waals surface area (Å²) in [5, 5.41) is 5.32. The maximum atomic E-state index is 12.0. The number of amides is 1. The van der Waals surface area contributed by atoms with Crippen molar-refractivity contribution < 1.29 is 9.53 Å². The second-order valence-electron chi connectivity index (χ2n) is 10.4. The third-order valence-corrected chi connectivity index (χ3v) is 5.99. The Hall–Kier alpha value is -2.36. The highest BCUT2D eigenvalue weighted by atomic mass is 28.3. The highest BCUT2D eigenvalue weighted by Crippen LogP contribution is 2.21. The number of nitrogens with zero attached hydrogens (tertiary/aromatic N) is 2. The van der Waals surface area contributed by atoms with E-state index in [0.29, 0.717) is 0 Å². The molecule has 0 unspecified atom stereocenters. The molecular weight excluding hydrogens is 402 g/mol. The summed E-state index contributed by atoms with van der Waals surface area (Å²) in [4.78, 5) is 18.8. The van der Waals surface area contributed by atoms with E-state index in [0.717, 1.165) is 43.4 Å². The van der Waals surface area contributed by atoms with Gasteiger partial charge in [-0.2, -0.15) is 0 Å². The number of nitrogens with one attached hydrogen (secondary N) is 1. The van der Waals surface area contributed by atoms with E-state index in [-0.39, 0.29) is 12.1 Å². The molecule has 166 valence electrons. The molecule has 0 atom stereocenters. The molecule has 6 heteroatoms. The summed E-state index contributed by atoms with van der Waals surface area (Å²) in [6.45, 7) is 15.2. The SMILES string of the molecule is CC(C)(C)OC(=O)NC1CCN(Cc2ccc3cncc(C#C[Si](C)(C)C)c3c2)CC1. The zero-order valence-electron chi connectivity index (χ0n) is 19.7. The van der Waals surface area contributed by atoms with E-state index >= 15 is 0 Å². The number of likely N-dealkylation sites (tertiary alicyclic amines) is 1. The van der Waals surface area contributed by atoms with Gasteiger partial charge in [0.2, 0.25) is 0 Å². The number of pyridine rings is 1. The number of fused-ring (bicyclic) bond motifs is 1. The van der Waals surface area contributed by atoms with Crippen molar-refractivity contribution in [3.05, 3.63) is 41.7 Å². The van der Waals surface area contributed by atoms with Crippen LogP contribution >= 0.6 is 0 Å². The van der Waals surface area contributed by atoms with Crippen LogP contribution in [0.1, 0.15) is 44.7 Å². The molecule has 31 heavy (non-hydrogen) atoms. The standard InChI is InChI=1S/C25H35N3O2Si/c1-25(2,3)30-24(29)27-22-9-12-28(13-10-22)18-19-7-8-20-16-26-17-21(23(20)15-19)11-14-31(4,5)6/h7-8,15-17,22H,9-10,12-13,18H2,1-6H3,(H,27,29). The first-order valence-electron chi connectivity index (χ1n) is 11.1. The van der Waals surface area contributed by atoms with Crippen LogP contribution in [0.3, 0.4) is 0 Å². The van der Waals surface area contributed by atoms with Gasteiger partial charge in [0.25, 0.3) is 0 Å². The molecule has 0 aliphatic carbocycles. The first-order valence-corrected chi connectivity index (χ1v) is 14.6. The van der Waals surface area contributed by atoms with Gasteiger partial charge in [-0.25, -0.2) is 4.79 Å². The molecule has 3 rings (SSSR count). The molecule has 1 N–H and O–H groups in total. The minimum absolute atomic E-state index is 0.178. The van der Waals surface area contributed by atoms with E-state index in [9.17, 15) is 4.79 Å². The maximum absolute atomic E-state index is 12.0. The van der Waals surface area contributed by atoms with Crippen molar-refractivity contribution >= 4 is 24.9 Å². The Morgan fingerprint density at radius 3 is 2.58 bits per heavy atom. The minimum atomic E-state index is -1.44. The fraction of sp³-hybridized carbons (Fsp3) is 0.520.